The van der Waals surface area contributed by atoms with Gasteiger partial charge in [-0.15, -0.1) is 0 Å². The maximum absolute atomic E-state index is 13.7. The first kappa shape index (κ1) is 14.8. The van der Waals surface area contributed by atoms with Gasteiger partial charge >= 0.3 is 0 Å². The summed E-state index contributed by atoms with van der Waals surface area (Å²) >= 11 is 0. The second kappa shape index (κ2) is 6.74. The monoisotopic (exact) mass is 287 g/mol. The van der Waals surface area contributed by atoms with Gasteiger partial charge in [0.25, 0.3) is 0 Å². The maximum Gasteiger partial charge on any atom is 0.170 e. The molecule has 0 saturated carbocycles. The van der Waals surface area contributed by atoms with Crippen molar-refractivity contribution in [1.82, 2.24) is 0 Å². The van der Waals surface area contributed by atoms with E-state index < -0.39 is 5.82 Å². The minimum Gasteiger partial charge on any atom is -0.409 e. The molecular weight excluding hydrogens is 269 g/mol. The highest BCUT2D eigenvalue weighted by atomic mass is 19.1. The van der Waals surface area contributed by atoms with E-state index in [1.807, 2.05) is 37.3 Å². The van der Waals surface area contributed by atoms with E-state index in [1.165, 1.54) is 12.1 Å². The summed E-state index contributed by atoms with van der Waals surface area (Å²) < 4.78 is 13.7. The van der Waals surface area contributed by atoms with Gasteiger partial charge in [0.1, 0.15) is 5.82 Å². The summed E-state index contributed by atoms with van der Waals surface area (Å²) in [5, 5.41) is 11.6. The number of amidine groups is 1. The van der Waals surface area contributed by atoms with Crippen LogP contribution < -0.4 is 10.6 Å². The molecule has 2 aromatic rings. The lowest BCUT2D eigenvalue weighted by molar-refractivity contribution is 0.318. The van der Waals surface area contributed by atoms with E-state index in [0.29, 0.717) is 12.1 Å². The second-order valence-corrected chi connectivity index (χ2v) is 4.68. The topological polar surface area (TPSA) is 61.8 Å². The van der Waals surface area contributed by atoms with Gasteiger partial charge in [-0.25, -0.2) is 4.39 Å². The van der Waals surface area contributed by atoms with Gasteiger partial charge in [0.15, 0.2) is 5.84 Å². The van der Waals surface area contributed by atoms with E-state index in [4.69, 9.17) is 10.9 Å². The summed E-state index contributed by atoms with van der Waals surface area (Å²) in [6.07, 6.45) is 0. The molecule has 0 aliphatic carbocycles. The Balaban J connectivity index is 2.28. The van der Waals surface area contributed by atoms with Crippen molar-refractivity contribution in [3.63, 3.8) is 0 Å². The molecule has 0 spiro atoms. The van der Waals surface area contributed by atoms with E-state index in [1.54, 1.807) is 6.07 Å². The predicted octanol–water partition coefficient (Wildman–Crippen LogP) is 2.95. The molecule has 21 heavy (non-hydrogen) atoms. The zero-order valence-electron chi connectivity index (χ0n) is 11.8. The molecule has 0 atom stereocenters. The van der Waals surface area contributed by atoms with Crippen molar-refractivity contribution >= 4 is 11.5 Å². The number of oxime groups is 1. The van der Waals surface area contributed by atoms with Crippen molar-refractivity contribution in [1.29, 1.82) is 0 Å². The lowest BCUT2D eigenvalue weighted by Gasteiger charge is -2.23. The van der Waals surface area contributed by atoms with Gasteiger partial charge in [0, 0.05) is 24.3 Å². The van der Waals surface area contributed by atoms with Crippen LogP contribution in [0.25, 0.3) is 0 Å². The fourth-order valence-electron chi connectivity index (χ4n) is 2.19. The Morgan fingerprint density at radius 2 is 1.95 bits per heavy atom. The average Bonchev–Trinajstić information content (AvgIpc) is 2.52. The van der Waals surface area contributed by atoms with Crippen LogP contribution in [-0.4, -0.2) is 17.6 Å². The molecule has 0 amide bonds. The summed E-state index contributed by atoms with van der Waals surface area (Å²) in [5.41, 5.74) is 7.73. The van der Waals surface area contributed by atoms with Crippen LogP contribution in [0.3, 0.4) is 0 Å². The normalized spacial score (nSPS) is 11.4. The molecule has 4 nitrogen and oxygen atoms in total. The van der Waals surface area contributed by atoms with E-state index in [0.717, 1.165) is 17.8 Å². The predicted molar refractivity (Wildman–Crippen MR) is 82.1 cm³/mol. The molecule has 0 aliphatic heterocycles. The lowest BCUT2D eigenvalue weighted by atomic mass is 10.1. The molecule has 0 aliphatic rings. The van der Waals surface area contributed by atoms with Gasteiger partial charge in [-0.1, -0.05) is 23.4 Å². The van der Waals surface area contributed by atoms with Crippen LogP contribution >= 0.6 is 0 Å². The third-order valence-electron chi connectivity index (χ3n) is 3.24. The molecule has 2 rings (SSSR count). The smallest absolute Gasteiger partial charge is 0.170 e. The average molecular weight is 287 g/mol. The van der Waals surface area contributed by atoms with Crippen molar-refractivity contribution in [2.45, 2.75) is 13.5 Å². The fraction of sp³-hybridized carbons (Fsp3) is 0.188. The van der Waals surface area contributed by atoms with Crippen molar-refractivity contribution in [3.05, 3.63) is 65.5 Å². The number of nitrogens with zero attached hydrogens (tertiary/aromatic N) is 2. The minimum absolute atomic E-state index is 0.0986. The molecule has 3 N–H and O–H groups in total. The zero-order chi connectivity index (χ0) is 15.2. The zero-order valence-corrected chi connectivity index (χ0v) is 11.8. The first-order chi connectivity index (χ1) is 10.1. The van der Waals surface area contributed by atoms with Crippen LogP contribution in [-0.2, 0) is 6.54 Å². The number of benzene rings is 2. The van der Waals surface area contributed by atoms with Crippen LogP contribution in [0.4, 0.5) is 10.1 Å². The molecule has 0 heterocycles. The quantitative estimate of drug-likeness (QED) is 0.385. The molecule has 0 fully saturated rings. The van der Waals surface area contributed by atoms with Crippen LogP contribution in [0.1, 0.15) is 18.1 Å². The fourth-order valence-corrected chi connectivity index (χ4v) is 2.19. The number of halogens is 1. The van der Waals surface area contributed by atoms with Gasteiger partial charge in [0.2, 0.25) is 0 Å². The van der Waals surface area contributed by atoms with Crippen molar-refractivity contribution < 1.29 is 9.60 Å². The van der Waals surface area contributed by atoms with Crippen LogP contribution in [0, 0.1) is 5.82 Å². The molecule has 0 unspecified atom stereocenters. The van der Waals surface area contributed by atoms with Crippen LogP contribution in [0.2, 0.25) is 0 Å². The Morgan fingerprint density at radius 3 is 2.57 bits per heavy atom. The highest BCUT2D eigenvalue weighted by Crippen LogP contribution is 2.18. The molecular formula is C16H18FN3O. The Labute approximate surface area is 123 Å². The molecule has 5 heteroatoms. The Hall–Kier alpha value is -2.56. The molecule has 0 aromatic heterocycles. The molecule has 2 aromatic carbocycles. The van der Waals surface area contributed by atoms with Gasteiger partial charge in [-0.2, -0.15) is 0 Å². The number of hydrogen-bond acceptors (Lipinski definition) is 3. The highest BCUT2D eigenvalue weighted by molar-refractivity contribution is 5.97. The number of hydrogen-bond donors (Lipinski definition) is 2. The maximum atomic E-state index is 13.7. The van der Waals surface area contributed by atoms with Crippen molar-refractivity contribution in [2.75, 3.05) is 11.4 Å². The van der Waals surface area contributed by atoms with Crippen LogP contribution in [0.5, 0.6) is 0 Å². The minimum atomic E-state index is -0.404. The number of nitrogens with two attached hydrogens (primary N) is 1. The number of para-hydroxylation sites is 1. The lowest BCUT2D eigenvalue weighted by Crippen LogP contribution is -2.22. The SMILES string of the molecule is CCN(Cc1cc(F)cc(/C(N)=N/O)c1)c1ccccc1. The van der Waals surface area contributed by atoms with E-state index in [-0.39, 0.29) is 5.84 Å². The first-order valence-electron chi connectivity index (χ1n) is 6.71. The number of anilines is 1. The third-order valence-corrected chi connectivity index (χ3v) is 3.24. The highest BCUT2D eigenvalue weighted by Gasteiger charge is 2.09. The Kier molecular flexibility index (Phi) is 4.77. The molecule has 0 radical (unpaired) electrons. The van der Waals surface area contributed by atoms with Crippen LogP contribution in [0.15, 0.2) is 53.7 Å². The molecule has 0 bridgehead atoms. The third kappa shape index (κ3) is 3.72. The standard InChI is InChI=1S/C16H18FN3O/c1-2-20(15-6-4-3-5-7-15)11-12-8-13(16(18)19-21)10-14(17)9-12/h3-10,21H,2,11H2,1H3,(H2,18,19). The van der Waals surface area contributed by atoms with Gasteiger partial charge in [0.05, 0.1) is 0 Å². The summed E-state index contributed by atoms with van der Waals surface area (Å²) in [5.74, 6) is -0.503. The first-order valence-corrected chi connectivity index (χ1v) is 6.71. The summed E-state index contributed by atoms with van der Waals surface area (Å²) in [6, 6.07) is 14.3. The van der Waals surface area contributed by atoms with Gasteiger partial charge in [-0.3, -0.25) is 0 Å². The van der Waals surface area contributed by atoms with Gasteiger partial charge in [-0.05, 0) is 42.8 Å². The van der Waals surface area contributed by atoms with E-state index >= 15 is 0 Å². The summed E-state index contributed by atoms with van der Waals surface area (Å²) in [6.45, 7) is 3.38. The largest absolute Gasteiger partial charge is 0.409 e. The number of rotatable bonds is 5. The van der Waals surface area contributed by atoms with Crippen molar-refractivity contribution in [3.8, 4) is 0 Å². The Morgan fingerprint density at radius 1 is 1.24 bits per heavy atom. The van der Waals surface area contributed by atoms with Gasteiger partial charge < -0.3 is 15.8 Å². The molecule has 110 valence electrons. The summed E-state index contributed by atoms with van der Waals surface area (Å²) in [4.78, 5) is 2.12. The second-order valence-electron chi connectivity index (χ2n) is 4.68. The summed E-state index contributed by atoms with van der Waals surface area (Å²) in [7, 11) is 0. The van der Waals surface area contributed by atoms with Crippen molar-refractivity contribution in [2.24, 2.45) is 10.9 Å². The van der Waals surface area contributed by atoms with E-state index in [9.17, 15) is 4.39 Å². The van der Waals surface area contributed by atoms with E-state index in [2.05, 4.69) is 10.1 Å². The molecule has 0 saturated heterocycles. The Bertz CT molecular complexity index is 629.